The van der Waals surface area contributed by atoms with Crippen LogP contribution in [0.1, 0.15) is 52.4 Å². The van der Waals surface area contributed by atoms with Gasteiger partial charge in [0.1, 0.15) is 11.5 Å². The first kappa shape index (κ1) is 43.8. The SMILES string of the molecule is CC(=O)[O-].CC(=O)[O-].COc1ccc2[nH]c3ccc4cc[n+](CCN5CCCCC5)cc4c3c2c1.COc1ccc2[nH]c3ccc4cc[n+](CCN5CCCCC5)cc4c3c2c1. The van der Waals surface area contributed by atoms with Gasteiger partial charge < -0.3 is 39.2 Å². The van der Waals surface area contributed by atoms with Gasteiger partial charge in [0, 0.05) is 67.7 Å². The molecule has 2 saturated heterocycles. The third-order valence-electron chi connectivity index (χ3n) is 11.8. The molecular weight excluding hydrogens is 781 g/mol. The van der Waals surface area contributed by atoms with E-state index in [4.69, 9.17) is 29.3 Å². The smallest absolute Gasteiger partial charge is 0.177 e. The van der Waals surface area contributed by atoms with Crippen molar-refractivity contribution >= 4 is 77.1 Å². The Morgan fingerprint density at radius 2 is 0.919 bits per heavy atom. The molecule has 0 aliphatic carbocycles. The molecule has 2 aliphatic rings. The normalized spacial score (nSPS) is 14.5. The van der Waals surface area contributed by atoms with Crippen molar-refractivity contribution in [1.29, 1.82) is 0 Å². The number of aliphatic carboxylic acids is 2. The van der Waals surface area contributed by atoms with Crippen molar-refractivity contribution in [3.05, 3.63) is 97.6 Å². The third kappa shape index (κ3) is 10.8. The largest absolute Gasteiger partial charge is 0.550 e. The Morgan fingerprint density at radius 3 is 1.29 bits per heavy atom. The summed E-state index contributed by atoms with van der Waals surface area (Å²) in [5.41, 5.74) is 4.67. The minimum atomic E-state index is -1.08. The number of carboxylic acids is 2. The molecule has 4 aromatic carbocycles. The van der Waals surface area contributed by atoms with Gasteiger partial charge in [-0.25, -0.2) is 9.13 Å². The van der Waals surface area contributed by atoms with Crippen LogP contribution in [-0.4, -0.2) is 85.2 Å². The average molecular weight is 839 g/mol. The van der Waals surface area contributed by atoms with Crippen molar-refractivity contribution in [2.45, 2.75) is 65.5 Å². The second kappa shape index (κ2) is 20.5. The molecule has 4 aromatic heterocycles. The first-order chi connectivity index (χ1) is 30.1. The molecule has 0 unspecified atom stereocenters. The Hall–Kier alpha value is -6.24. The Balaban J connectivity index is 0.000000159. The number of likely N-dealkylation sites (tertiary alicyclic amines) is 2. The van der Waals surface area contributed by atoms with Crippen molar-refractivity contribution in [1.82, 2.24) is 19.8 Å². The van der Waals surface area contributed by atoms with Gasteiger partial charge in [0.15, 0.2) is 37.9 Å². The summed E-state index contributed by atoms with van der Waals surface area (Å²) in [5.74, 6) is -0.372. The molecule has 2 N–H and O–H groups in total. The number of pyridine rings is 2. The molecule has 8 aromatic rings. The minimum Gasteiger partial charge on any atom is -0.550 e. The second-order valence-electron chi connectivity index (χ2n) is 16.2. The van der Waals surface area contributed by atoms with Crippen LogP contribution in [0.15, 0.2) is 97.6 Å². The van der Waals surface area contributed by atoms with Crippen molar-refractivity contribution < 1.29 is 38.4 Å². The topological polar surface area (TPSA) is 145 Å². The second-order valence-corrected chi connectivity index (χ2v) is 16.2. The highest BCUT2D eigenvalue weighted by molar-refractivity contribution is 6.21. The van der Waals surface area contributed by atoms with Crippen LogP contribution in [0, 0.1) is 0 Å². The van der Waals surface area contributed by atoms with Gasteiger partial charge in [0.25, 0.3) is 0 Å². The van der Waals surface area contributed by atoms with E-state index in [-0.39, 0.29) is 0 Å². The molecule has 10 rings (SSSR count). The van der Waals surface area contributed by atoms with Crippen LogP contribution in [0.5, 0.6) is 11.5 Å². The van der Waals surface area contributed by atoms with E-state index in [0.717, 1.165) is 62.6 Å². The van der Waals surface area contributed by atoms with E-state index in [1.54, 1.807) is 14.2 Å². The van der Waals surface area contributed by atoms with Gasteiger partial charge in [0.05, 0.1) is 38.1 Å². The van der Waals surface area contributed by atoms with Gasteiger partial charge in [-0.15, -0.1) is 0 Å². The van der Waals surface area contributed by atoms with Gasteiger partial charge in [-0.1, -0.05) is 25.0 Å². The maximum atomic E-state index is 8.89. The fraction of sp³-hybridized carbons (Fsp3) is 0.360. The van der Waals surface area contributed by atoms with Crippen molar-refractivity contribution in [3.63, 3.8) is 0 Å². The van der Waals surface area contributed by atoms with Crippen LogP contribution < -0.4 is 28.8 Å². The monoisotopic (exact) mass is 838 g/mol. The predicted octanol–water partition coefficient (Wildman–Crippen LogP) is 6.03. The molecule has 2 aliphatic heterocycles. The van der Waals surface area contributed by atoms with Crippen molar-refractivity contribution in [3.8, 4) is 11.5 Å². The lowest BCUT2D eigenvalue weighted by Crippen LogP contribution is -2.41. The molecule has 0 amide bonds. The first-order valence-electron chi connectivity index (χ1n) is 21.7. The van der Waals surface area contributed by atoms with Gasteiger partial charge in [-0.3, -0.25) is 9.80 Å². The van der Waals surface area contributed by atoms with Gasteiger partial charge >= 0.3 is 0 Å². The maximum Gasteiger partial charge on any atom is 0.177 e. The van der Waals surface area contributed by atoms with E-state index in [1.165, 1.54) is 119 Å². The van der Waals surface area contributed by atoms with E-state index >= 15 is 0 Å². The number of H-pyrrole nitrogens is 2. The number of carbonyl (C=O) groups is 2. The molecule has 62 heavy (non-hydrogen) atoms. The van der Waals surface area contributed by atoms with Crippen LogP contribution in [0.4, 0.5) is 0 Å². The highest BCUT2D eigenvalue weighted by Crippen LogP contribution is 2.35. The zero-order valence-electron chi connectivity index (χ0n) is 36.4. The van der Waals surface area contributed by atoms with Gasteiger partial charge in [-0.05, 0) is 125 Å². The quantitative estimate of drug-likeness (QED) is 0.177. The minimum absolute atomic E-state index is 0.898. The Bertz CT molecular complexity index is 2600. The van der Waals surface area contributed by atoms with E-state index < -0.39 is 11.9 Å². The van der Waals surface area contributed by atoms with Crippen LogP contribution >= 0.6 is 0 Å². The fourth-order valence-electron chi connectivity index (χ4n) is 8.78. The molecule has 0 spiro atoms. The summed E-state index contributed by atoms with van der Waals surface area (Å²) in [5, 5.41) is 28.0. The predicted molar refractivity (Wildman–Crippen MR) is 242 cm³/mol. The molecule has 12 heteroatoms. The summed E-state index contributed by atoms with van der Waals surface area (Å²) < 4.78 is 15.6. The first-order valence-corrected chi connectivity index (χ1v) is 21.7. The fourth-order valence-corrected chi connectivity index (χ4v) is 8.78. The number of rotatable bonds is 8. The van der Waals surface area contributed by atoms with Gasteiger partial charge in [0.2, 0.25) is 0 Å². The lowest BCUT2D eigenvalue weighted by molar-refractivity contribution is -0.695. The average Bonchev–Trinajstić information content (AvgIpc) is 3.86. The number of benzene rings is 4. The Labute approximate surface area is 362 Å². The molecule has 0 saturated carbocycles. The molecule has 0 radical (unpaired) electrons. The standard InChI is InChI=1S/2C23H25N3O.2C2H4O2/c2*1-27-18-6-8-21-19(15-18)23-20-16-26(14-13-25-10-3-2-4-11-25)12-9-17(20)5-7-22(23)24-21;2*1-2(3)4/h2*5-9,12,15-16H,2-4,10-11,13-14H2,1H3;2*1H3,(H,3,4). The molecule has 2 fully saturated rings. The van der Waals surface area contributed by atoms with E-state index in [9.17, 15) is 0 Å². The van der Waals surface area contributed by atoms with Gasteiger partial charge in [-0.2, -0.15) is 0 Å². The van der Waals surface area contributed by atoms with E-state index in [0.29, 0.717) is 0 Å². The summed E-state index contributed by atoms with van der Waals surface area (Å²) in [4.78, 5) is 30.1. The summed E-state index contributed by atoms with van der Waals surface area (Å²) in [6.07, 6.45) is 17.2. The van der Waals surface area contributed by atoms with Crippen molar-refractivity contribution in [2.24, 2.45) is 0 Å². The number of nitrogens with zero attached hydrogens (tertiary/aromatic N) is 4. The number of aromatic nitrogens is 4. The third-order valence-corrected chi connectivity index (χ3v) is 11.8. The number of hydrogen-bond acceptors (Lipinski definition) is 8. The Kier molecular flexibility index (Phi) is 14.5. The molecule has 0 bridgehead atoms. The number of aromatic amines is 2. The summed E-state index contributed by atoms with van der Waals surface area (Å²) in [6.45, 7) is 11.3. The number of piperidine rings is 2. The molecule has 12 nitrogen and oxygen atoms in total. The summed E-state index contributed by atoms with van der Waals surface area (Å²) in [7, 11) is 3.45. The summed E-state index contributed by atoms with van der Waals surface area (Å²) >= 11 is 0. The zero-order chi connectivity index (χ0) is 43.6. The number of fused-ring (bicyclic) bond motifs is 10. The van der Waals surface area contributed by atoms with E-state index in [1.807, 2.05) is 12.1 Å². The lowest BCUT2D eigenvalue weighted by Gasteiger charge is -2.24. The van der Waals surface area contributed by atoms with Crippen LogP contribution in [0.2, 0.25) is 0 Å². The van der Waals surface area contributed by atoms with Crippen LogP contribution in [0.25, 0.3) is 65.2 Å². The summed E-state index contributed by atoms with van der Waals surface area (Å²) in [6, 6.07) is 25.8. The van der Waals surface area contributed by atoms with Crippen LogP contribution in [-0.2, 0) is 22.7 Å². The molecule has 324 valence electrons. The zero-order valence-corrected chi connectivity index (χ0v) is 36.4. The molecule has 6 heterocycles. The number of ether oxygens (including phenoxy) is 2. The number of methoxy groups -OCH3 is 2. The Morgan fingerprint density at radius 1 is 0.548 bits per heavy atom. The maximum absolute atomic E-state index is 8.89. The number of nitrogens with one attached hydrogen (secondary N) is 2. The molecule has 0 atom stereocenters. The lowest BCUT2D eigenvalue weighted by atomic mass is 10.1. The highest BCUT2D eigenvalue weighted by Gasteiger charge is 2.17. The molecular formula is C50H58N6O6. The van der Waals surface area contributed by atoms with Crippen LogP contribution in [0.3, 0.4) is 0 Å². The number of carboxylic acid groups (broad SMARTS) is 2. The van der Waals surface area contributed by atoms with Crippen molar-refractivity contribution in [2.75, 3.05) is 53.5 Å². The van der Waals surface area contributed by atoms with E-state index in [2.05, 4.69) is 114 Å². The highest BCUT2D eigenvalue weighted by atomic mass is 16.5. The number of carbonyl (C=O) groups excluding carboxylic acids is 2. The number of hydrogen-bond donors (Lipinski definition) is 2.